The average molecular weight is 492 g/mol. The van der Waals surface area contributed by atoms with E-state index in [1.54, 1.807) is 30.3 Å². The quantitative estimate of drug-likeness (QED) is 0.436. The van der Waals surface area contributed by atoms with E-state index in [0.29, 0.717) is 28.4 Å². The Morgan fingerprint density at radius 1 is 0.972 bits per heavy atom. The average Bonchev–Trinajstić information content (AvgIpc) is 3.39. The van der Waals surface area contributed by atoms with Gasteiger partial charge in [-0.3, -0.25) is 5.43 Å². The van der Waals surface area contributed by atoms with Gasteiger partial charge in [0, 0.05) is 36.7 Å². The number of rotatable bonds is 4. The fourth-order valence-electron chi connectivity index (χ4n) is 4.38. The Morgan fingerprint density at radius 3 is 2.19 bits per heavy atom. The molecule has 0 unspecified atom stereocenters. The van der Waals surface area contributed by atoms with Crippen LogP contribution in [0.15, 0.2) is 60.7 Å². The third-order valence-corrected chi connectivity index (χ3v) is 6.10. The number of ether oxygens (including phenoxy) is 2. The SMILES string of the molecule is CC(C)c1cc(NC(=O)N2CC(c3ccc(F)cc3)=C(c3ccc(F)cc3)N2)cc2c1OC(C)(C)O2. The van der Waals surface area contributed by atoms with Crippen molar-refractivity contribution in [3.63, 3.8) is 0 Å². The van der Waals surface area contributed by atoms with Crippen LogP contribution in [0.3, 0.4) is 0 Å². The number of urea groups is 1. The highest BCUT2D eigenvalue weighted by molar-refractivity contribution is 5.98. The molecule has 5 rings (SSSR count). The first kappa shape index (κ1) is 23.7. The number of benzene rings is 3. The largest absolute Gasteiger partial charge is 0.449 e. The van der Waals surface area contributed by atoms with E-state index >= 15 is 0 Å². The predicted molar refractivity (Wildman–Crippen MR) is 134 cm³/mol. The van der Waals surface area contributed by atoms with Crippen LogP contribution in [-0.4, -0.2) is 23.4 Å². The van der Waals surface area contributed by atoms with Crippen molar-refractivity contribution in [1.82, 2.24) is 10.4 Å². The third-order valence-electron chi connectivity index (χ3n) is 6.10. The van der Waals surface area contributed by atoms with Crippen LogP contribution in [0.5, 0.6) is 11.5 Å². The molecule has 2 N–H and O–H groups in total. The number of halogens is 2. The van der Waals surface area contributed by atoms with Crippen molar-refractivity contribution in [3.05, 3.63) is 89.0 Å². The lowest BCUT2D eigenvalue weighted by Crippen LogP contribution is -2.40. The topological polar surface area (TPSA) is 62.8 Å². The van der Waals surface area contributed by atoms with Gasteiger partial charge in [-0.15, -0.1) is 0 Å². The van der Waals surface area contributed by atoms with Gasteiger partial charge < -0.3 is 14.8 Å². The molecule has 0 radical (unpaired) electrons. The zero-order chi connectivity index (χ0) is 25.6. The number of nitrogens with one attached hydrogen (secondary N) is 2. The minimum absolute atomic E-state index is 0.148. The smallest absolute Gasteiger partial charge is 0.340 e. The van der Waals surface area contributed by atoms with E-state index in [2.05, 4.69) is 10.7 Å². The summed E-state index contributed by atoms with van der Waals surface area (Å²) in [5.74, 6) is -0.0882. The monoisotopic (exact) mass is 491 g/mol. The maximum atomic E-state index is 13.6. The maximum absolute atomic E-state index is 13.6. The molecular formula is C28H27F2N3O3. The van der Waals surface area contributed by atoms with Crippen molar-refractivity contribution >= 4 is 23.0 Å². The summed E-state index contributed by atoms with van der Waals surface area (Å²) in [6.07, 6.45) is 0. The molecule has 0 fully saturated rings. The molecule has 2 amide bonds. The third kappa shape index (κ3) is 4.58. The second-order valence-corrected chi connectivity index (χ2v) is 9.65. The van der Waals surface area contributed by atoms with Gasteiger partial charge in [0.2, 0.25) is 5.79 Å². The van der Waals surface area contributed by atoms with Gasteiger partial charge in [0.1, 0.15) is 11.6 Å². The summed E-state index contributed by atoms with van der Waals surface area (Å²) < 4.78 is 39.0. The Bertz CT molecular complexity index is 1290. The molecule has 3 aromatic carbocycles. The van der Waals surface area contributed by atoms with Crippen LogP contribution in [0, 0.1) is 11.6 Å². The fourth-order valence-corrected chi connectivity index (χ4v) is 4.38. The number of nitrogens with zero attached hydrogens (tertiary/aromatic N) is 1. The molecular weight excluding hydrogens is 464 g/mol. The van der Waals surface area contributed by atoms with Crippen molar-refractivity contribution in [2.75, 3.05) is 11.9 Å². The van der Waals surface area contributed by atoms with E-state index in [0.717, 1.165) is 16.7 Å². The number of carbonyl (C=O) groups excluding carboxylic acids is 1. The van der Waals surface area contributed by atoms with Crippen LogP contribution in [-0.2, 0) is 0 Å². The van der Waals surface area contributed by atoms with Gasteiger partial charge in [0.25, 0.3) is 0 Å². The van der Waals surface area contributed by atoms with E-state index < -0.39 is 5.79 Å². The van der Waals surface area contributed by atoms with E-state index in [-0.39, 0.29) is 30.1 Å². The van der Waals surface area contributed by atoms with E-state index in [1.165, 1.54) is 29.3 Å². The summed E-state index contributed by atoms with van der Waals surface area (Å²) in [7, 11) is 0. The van der Waals surface area contributed by atoms with E-state index in [9.17, 15) is 13.6 Å². The number of amides is 2. The molecule has 2 heterocycles. The first-order valence-electron chi connectivity index (χ1n) is 11.8. The van der Waals surface area contributed by atoms with Gasteiger partial charge in [0.05, 0.1) is 12.2 Å². The van der Waals surface area contributed by atoms with Gasteiger partial charge in [0.15, 0.2) is 11.5 Å². The molecule has 0 saturated heterocycles. The second kappa shape index (κ2) is 8.86. The minimum Gasteiger partial charge on any atom is -0.449 e. The highest BCUT2D eigenvalue weighted by Gasteiger charge is 2.35. The van der Waals surface area contributed by atoms with Gasteiger partial charge >= 0.3 is 6.03 Å². The molecule has 0 aliphatic carbocycles. The number of hydrogen-bond acceptors (Lipinski definition) is 4. The number of anilines is 1. The Labute approximate surface area is 208 Å². The lowest BCUT2D eigenvalue weighted by molar-refractivity contribution is -0.0435. The Balaban J connectivity index is 1.42. The van der Waals surface area contributed by atoms with Crippen LogP contribution in [0.1, 0.15) is 50.3 Å². The molecule has 0 atom stereocenters. The summed E-state index contributed by atoms with van der Waals surface area (Å²) in [6.45, 7) is 7.99. The lowest BCUT2D eigenvalue weighted by Gasteiger charge is -2.20. The summed E-state index contributed by atoms with van der Waals surface area (Å²) in [5.41, 5.74) is 7.54. The van der Waals surface area contributed by atoms with Crippen LogP contribution < -0.4 is 20.2 Å². The number of carbonyl (C=O) groups is 1. The van der Waals surface area contributed by atoms with Gasteiger partial charge in [-0.2, -0.15) is 0 Å². The highest BCUT2D eigenvalue weighted by Crippen LogP contribution is 2.46. The standard InChI is InChI=1S/C28H27F2N3O3/c1-16(2)22-13-21(14-24-26(22)36-28(3,4)35-24)31-27(34)33-15-23(17-5-9-19(29)10-6-17)25(32-33)18-7-11-20(30)12-8-18/h5-14,16,32H,15H2,1-4H3,(H,31,34). The van der Waals surface area contributed by atoms with Crippen LogP contribution in [0.4, 0.5) is 19.3 Å². The van der Waals surface area contributed by atoms with Crippen LogP contribution in [0.2, 0.25) is 0 Å². The highest BCUT2D eigenvalue weighted by atomic mass is 19.1. The Kier molecular flexibility index (Phi) is 5.82. The molecule has 3 aromatic rings. The van der Waals surface area contributed by atoms with Crippen LogP contribution in [0.25, 0.3) is 11.3 Å². The Hall–Kier alpha value is -4.07. The predicted octanol–water partition coefficient (Wildman–Crippen LogP) is 6.52. The number of fused-ring (bicyclic) bond motifs is 1. The van der Waals surface area contributed by atoms with Gasteiger partial charge in [-0.05, 0) is 59.5 Å². The van der Waals surface area contributed by atoms with Crippen molar-refractivity contribution in [2.45, 2.75) is 39.4 Å². The normalized spacial score (nSPS) is 15.9. The zero-order valence-corrected chi connectivity index (χ0v) is 20.5. The molecule has 186 valence electrons. The lowest BCUT2D eigenvalue weighted by atomic mass is 10.0. The molecule has 36 heavy (non-hydrogen) atoms. The summed E-state index contributed by atoms with van der Waals surface area (Å²) in [4.78, 5) is 13.3. The fraction of sp³-hybridized carbons (Fsp3) is 0.250. The maximum Gasteiger partial charge on any atom is 0.340 e. The minimum atomic E-state index is -0.789. The Morgan fingerprint density at radius 2 is 1.58 bits per heavy atom. The first-order valence-corrected chi connectivity index (χ1v) is 11.8. The van der Waals surface area contributed by atoms with Gasteiger partial charge in [-0.1, -0.05) is 26.0 Å². The van der Waals surface area contributed by atoms with Gasteiger partial charge in [-0.25, -0.2) is 18.6 Å². The van der Waals surface area contributed by atoms with Crippen LogP contribution >= 0.6 is 0 Å². The molecule has 8 heteroatoms. The molecule has 0 aromatic heterocycles. The molecule has 6 nitrogen and oxygen atoms in total. The summed E-state index contributed by atoms with van der Waals surface area (Å²) in [5, 5.41) is 4.37. The molecule has 0 spiro atoms. The molecule has 0 bridgehead atoms. The first-order chi connectivity index (χ1) is 17.1. The summed E-state index contributed by atoms with van der Waals surface area (Å²) in [6, 6.07) is 15.3. The van der Waals surface area contributed by atoms with E-state index in [1.807, 2.05) is 33.8 Å². The van der Waals surface area contributed by atoms with Crippen molar-refractivity contribution < 1.29 is 23.0 Å². The van der Waals surface area contributed by atoms with Crippen molar-refractivity contribution in [3.8, 4) is 11.5 Å². The second-order valence-electron chi connectivity index (χ2n) is 9.65. The van der Waals surface area contributed by atoms with E-state index in [4.69, 9.17) is 9.47 Å². The van der Waals surface area contributed by atoms with Crippen molar-refractivity contribution in [2.24, 2.45) is 0 Å². The molecule has 2 aliphatic heterocycles. The van der Waals surface area contributed by atoms with Crippen molar-refractivity contribution in [1.29, 1.82) is 0 Å². The zero-order valence-electron chi connectivity index (χ0n) is 20.5. The summed E-state index contributed by atoms with van der Waals surface area (Å²) >= 11 is 0. The number of hydrazine groups is 1. The molecule has 0 saturated carbocycles. The number of hydrogen-bond donors (Lipinski definition) is 2. The molecule has 2 aliphatic rings.